The molecule has 0 aliphatic carbocycles. The van der Waals surface area contributed by atoms with E-state index >= 15 is 0 Å². The van der Waals surface area contributed by atoms with Crippen molar-refractivity contribution < 1.29 is 9.18 Å². The van der Waals surface area contributed by atoms with Crippen LogP contribution in [0.25, 0.3) is 21.1 Å². The van der Waals surface area contributed by atoms with Crippen molar-refractivity contribution in [1.82, 2.24) is 19.7 Å². The number of aromatic nitrogens is 4. The van der Waals surface area contributed by atoms with Crippen molar-refractivity contribution in [1.29, 1.82) is 0 Å². The summed E-state index contributed by atoms with van der Waals surface area (Å²) in [5.41, 5.74) is 7.08. The number of nitrogens with two attached hydrogens (primary N) is 1. The molecule has 3 N–H and O–H groups in total. The second-order valence-electron chi connectivity index (χ2n) is 5.18. The summed E-state index contributed by atoms with van der Waals surface area (Å²) in [5.74, 6) is -0.254. The molecule has 3 heterocycles. The van der Waals surface area contributed by atoms with E-state index in [1.54, 1.807) is 24.7 Å². The standard InChI is InChI=1S/C15H11FN6OS/c1-22-10-4-7(16)2-3-8(10)13(21-22)20-14(23)9-6-24-11-5-18-15(17)19-12(9)11/h2-6H,1H3,(H2,17,18,19)(H,20,21,23). The predicted molar refractivity (Wildman–Crippen MR) is 90.5 cm³/mol. The van der Waals surface area contributed by atoms with Gasteiger partial charge in [0, 0.05) is 17.8 Å². The highest BCUT2D eigenvalue weighted by Gasteiger charge is 2.17. The van der Waals surface area contributed by atoms with Gasteiger partial charge in [0.05, 0.1) is 27.5 Å². The Morgan fingerprint density at radius 2 is 2.25 bits per heavy atom. The molecule has 0 saturated heterocycles. The maximum absolute atomic E-state index is 13.4. The largest absolute Gasteiger partial charge is 0.368 e. The molecule has 0 unspecified atom stereocenters. The maximum Gasteiger partial charge on any atom is 0.259 e. The number of carbonyl (C=O) groups excluding carboxylic acids is 1. The number of aryl methyl sites for hydroxylation is 1. The lowest BCUT2D eigenvalue weighted by Gasteiger charge is -2.01. The molecule has 120 valence electrons. The van der Waals surface area contributed by atoms with E-state index in [4.69, 9.17) is 5.73 Å². The minimum atomic E-state index is -0.362. The Morgan fingerprint density at radius 1 is 1.42 bits per heavy atom. The van der Waals surface area contributed by atoms with Crippen LogP contribution in [0.2, 0.25) is 0 Å². The zero-order valence-electron chi connectivity index (χ0n) is 12.4. The van der Waals surface area contributed by atoms with Crippen LogP contribution in [0.1, 0.15) is 10.4 Å². The Kier molecular flexibility index (Phi) is 3.17. The van der Waals surface area contributed by atoms with Crippen LogP contribution in [0.4, 0.5) is 16.2 Å². The van der Waals surface area contributed by atoms with Crippen LogP contribution in [-0.4, -0.2) is 25.7 Å². The molecule has 0 atom stereocenters. The van der Waals surface area contributed by atoms with Crippen LogP contribution in [-0.2, 0) is 7.05 Å². The van der Waals surface area contributed by atoms with Gasteiger partial charge in [-0.3, -0.25) is 9.48 Å². The van der Waals surface area contributed by atoms with Crippen molar-refractivity contribution in [3.63, 3.8) is 0 Å². The van der Waals surface area contributed by atoms with E-state index in [9.17, 15) is 9.18 Å². The van der Waals surface area contributed by atoms with Crippen molar-refractivity contribution in [2.75, 3.05) is 11.1 Å². The molecular formula is C15H11FN6OS. The molecule has 1 aromatic carbocycles. The summed E-state index contributed by atoms with van der Waals surface area (Å²) in [5, 5.41) is 9.34. The topological polar surface area (TPSA) is 98.7 Å². The van der Waals surface area contributed by atoms with Crippen molar-refractivity contribution in [2.24, 2.45) is 7.05 Å². The molecule has 3 aromatic heterocycles. The Bertz CT molecular complexity index is 1100. The number of nitrogens with one attached hydrogen (secondary N) is 1. The molecule has 0 spiro atoms. The highest BCUT2D eigenvalue weighted by molar-refractivity contribution is 7.17. The van der Waals surface area contributed by atoms with Gasteiger partial charge in [-0.2, -0.15) is 5.10 Å². The van der Waals surface area contributed by atoms with Gasteiger partial charge in [0.2, 0.25) is 5.95 Å². The van der Waals surface area contributed by atoms with Gasteiger partial charge in [0.1, 0.15) is 5.82 Å². The zero-order chi connectivity index (χ0) is 16.8. The number of hydrogen-bond donors (Lipinski definition) is 2. The first kappa shape index (κ1) is 14.5. The number of hydrogen-bond acceptors (Lipinski definition) is 6. The summed E-state index contributed by atoms with van der Waals surface area (Å²) in [6, 6.07) is 4.28. The van der Waals surface area contributed by atoms with Gasteiger partial charge in [-0.25, -0.2) is 14.4 Å². The van der Waals surface area contributed by atoms with Crippen LogP contribution >= 0.6 is 11.3 Å². The Hall–Kier alpha value is -3.07. The number of halogens is 1. The molecule has 0 saturated carbocycles. The fraction of sp³-hybridized carbons (Fsp3) is 0.0667. The molecule has 9 heteroatoms. The molecule has 0 fully saturated rings. The number of benzene rings is 1. The summed E-state index contributed by atoms with van der Waals surface area (Å²) in [4.78, 5) is 20.6. The number of carbonyl (C=O) groups is 1. The first-order chi connectivity index (χ1) is 11.5. The van der Waals surface area contributed by atoms with Gasteiger partial charge in [-0.15, -0.1) is 11.3 Å². The molecular weight excluding hydrogens is 331 g/mol. The quantitative estimate of drug-likeness (QED) is 0.583. The monoisotopic (exact) mass is 342 g/mol. The average Bonchev–Trinajstić information content (AvgIpc) is 3.09. The molecule has 24 heavy (non-hydrogen) atoms. The van der Waals surface area contributed by atoms with Gasteiger partial charge in [-0.1, -0.05) is 0 Å². The van der Waals surface area contributed by atoms with E-state index in [2.05, 4.69) is 20.4 Å². The second kappa shape index (κ2) is 5.24. The number of thiophene rings is 1. The van der Waals surface area contributed by atoms with Gasteiger partial charge < -0.3 is 11.1 Å². The second-order valence-corrected chi connectivity index (χ2v) is 6.09. The molecule has 0 radical (unpaired) electrons. The molecule has 4 rings (SSSR count). The van der Waals surface area contributed by atoms with Crippen LogP contribution in [0.15, 0.2) is 29.8 Å². The number of fused-ring (bicyclic) bond motifs is 2. The van der Waals surface area contributed by atoms with E-state index in [0.29, 0.717) is 27.8 Å². The average molecular weight is 342 g/mol. The summed E-state index contributed by atoms with van der Waals surface area (Å²) < 4.78 is 15.7. The van der Waals surface area contributed by atoms with Crippen LogP contribution in [0.3, 0.4) is 0 Å². The Labute approximate surface area is 138 Å². The minimum absolute atomic E-state index is 0.105. The predicted octanol–water partition coefficient (Wildman–Crippen LogP) is 2.55. The SMILES string of the molecule is Cn1nc(NC(=O)c2csc3cnc(N)nc23)c2ccc(F)cc21. The molecule has 0 aliphatic heterocycles. The molecule has 0 aliphatic rings. The third-order valence-electron chi connectivity index (χ3n) is 3.62. The number of amides is 1. The Morgan fingerprint density at radius 3 is 3.08 bits per heavy atom. The lowest BCUT2D eigenvalue weighted by molar-refractivity contribution is 0.102. The molecule has 1 amide bonds. The summed E-state index contributed by atoms with van der Waals surface area (Å²) in [6.45, 7) is 0. The van der Waals surface area contributed by atoms with Crippen LogP contribution in [0.5, 0.6) is 0 Å². The highest BCUT2D eigenvalue weighted by Crippen LogP contribution is 2.27. The van der Waals surface area contributed by atoms with Gasteiger partial charge in [0.15, 0.2) is 5.82 Å². The van der Waals surface area contributed by atoms with Crippen LogP contribution < -0.4 is 11.1 Å². The van der Waals surface area contributed by atoms with E-state index in [0.717, 1.165) is 4.70 Å². The number of nitrogen functional groups attached to an aromatic ring is 1. The Balaban J connectivity index is 1.75. The summed E-state index contributed by atoms with van der Waals surface area (Å²) in [7, 11) is 1.69. The third kappa shape index (κ3) is 2.26. The van der Waals surface area contributed by atoms with E-state index in [-0.39, 0.29) is 17.7 Å². The zero-order valence-corrected chi connectivity index (χ0v) is 13.3. The van der Waals surface area contributed by atoms with Crippen molar-refractivity contribution >= 4 is 50.1 Å². The first-order valence-corrected chi connectivity index (χ1v) is 7.84. The lowest BCUT2D eigenvalue weighted by Crippen LogP contribution is -2.12. The normalized spacial score (nSPS) is 11.2. The highest BCUT2D eigenvalue weighted by atomic mass is 32.1. The summed E-state index contributed by atoms with van der Waals surface area (Å²) in [6.07, 6.45) is 1.58. The number of anilines is 2. The molecule has 7 nitrogen and oxygen atoms in total. The fourth-order valence-corrected chi connectivity index (χ4v) is 3.34. The van der Waals surface area contributed by atoms with Crippen molar-refractivity contribution in [3.8, 4) is 0 Å². The molecule has 4 aromatic rings. The number of nitrogens with zero attached hydrogens (tertiary/aromatic N) is 4. The van der Waals surface area contributed by atoms with Gasteiger partial charge >= 0.3 is 0 Å². The van der Waals surface area contributed by atoms with E-state index in [1.807, 2.05) is 0 Å². The smallest absolute Gasteiger partial charge is 0.259 e. The summed E-state index contributed by atoms with van der Waals surface area (Å²) >= 11 is 1.36. The maximum atomic E-state index is 13.4. The minimum Gasteiger partial charge on any atom is -0.368 e. The molecule has 0 bridgehead atoms. The van der Waals surface area contributed by atoms with Gasteiger partial charge in [0.25, 0.3) is 5.91 Å². The lowest BCUT2D eigenvalue weighted by atomic mass is 10.2. The fourth-order valence-electron chi connectivity index (χ4n) is 2.50. The van der Waals surface area contributed by atoms with Crippen LogP contribution in [0, 0.1) is 5.82 Å². The number of rotatable bonds is 2. The van der Waals surface area contributed by atoms with Gasteiger partial charge in [-0.05, 0) is 18.2 Å². The third-order valence-corrected chi connectivity index (χ3v) is 4.53. The van der Waals surface area contributed by atoms with Crippen molar-refractivity contribution in [3.05, 3.63) is 41.2 Å². The van der Waals surface area contributed by atoms with E-state index in [1.165, 1.54) is 28.2 Å². The van der Waals surface area contributed by atoms with Crippen molar-refractivity contribution in [2.45, 2.75) is 0 Å². The first-order valence-electron chi connectivity index (χ1n) is 6.96. The van der Waals surface area contributed by atoms with E-state index < -0.39 is 0 Å².